The highest BCUT2D eigenvalue weighted by molar-refractivity contribution is 6.26. The second-order valence-electron chi connectivity index (χ2n) is 17.9. The second-order valence-corrected chi connectivity index (χ2v) is 17.9. The van der Waals surface area contributed by atoms with Crippen LogP contribution in [0.15, 0.2) is 264 Å². The number of hydrogen-bond donors (Lipinski definition) is 0. The van der Waals surface area contributed by atoms with Gasteiger partial charge in [-0.25, -0.2) is 0 Å². The van der Waals surface area contributed by atoms with Crippen LogP contribution < -0.4 is 9.80 Å². The molecule has 14 rings (SSSR count). The zero-order valence-corrected chi connectivity index (χ0v) is 38.0. The van der Waals surface area contributed by atoms with Gasteiger partial charge >= 0.3 is 0 Å². The summed E-state index contributed by atoms with van der Waals surface area (Å²) in [5.41, 5.74) is 13.9. The van der Waals surface area contributed by atoms with Gasteiger partial charge in [0.25, 0.3) is 0 Å². The molecule has 0 fully saturated rings. The lowest BCUT2D eigenvalue weighted by Gasteiger charge is -2.29. The van der Waals surface area contributed by atoms with Crippen molar-refractivity contribution in [1.82, 2.24) is 0 Å². The van der Waals surface area contributed by atoms with E-state index in [1.165, 1.54) is 0 Å². The Kier molecular flexibility index (Phi) is 9.17. The predicted octanol–water partition coefficient (Wildman–Crippen LogP) is 19.2. The molecule has 4 heteroatoms. The van der Waals surface area contributed by atoms with E-state index in [0.29, 0.717) is 0 Å². The maximum Gasteiger partial charge on any atom is 0.159 e. The van der Waals surface area contributed by atoms with Crippen LogP contribution in [-0.2, 0) is 0 Å². The van der Waals surface area contributed by atoms with E-state index in [1.54, 1.807) is 0 Å². The molecular weight excluding hydrogens is 853 g/mol. The molecule has 4 nitrogen and oxygen atoms in total. The van der Waals surface area contributed by atoms with Crippen LogP contribution in [0.2, 0.25) is 0 Å². The lowest BCUT2D eigenvalue weighted by Crippen LogP contribution is -2.12. The first kappa shape index (κ1) is 39.8. The zero-order chi connectivity index (χ0) is 46.1. The molecule has 0 saturated heterocycles. The molecule has 0 aliphatic heterocycles. The monoisotopic (exact) mass is 894 g/mol. The number of para-hydroxylation sites is 6. The molecule has 70 heavy (non-hydrogen) atoms. The van der Waals surface area contributed by atoms with Crippen molar-refractivity contribution >= 4 is 110 Å². The second kappa shape index (κ2) is 16.2. The maximum atomic E-state index is 7.11. The van der Waals surface area contributed by atoms with Crippen LogP contribution in [0.25, 0.3) is 98.4 Å². The van der Waals surface area contributed by atoms with Gasteiger partial charge in [0, 0.05) is 54.8 Å². The molecule has 0 bridgehead atoms. The summed E-state index contributed by atoms with van der Waals surface area (Å²) in [4.78, 5) is 4.78. The van der Waals surface area contributed by atoms with Gasteiger partial charge in [0.05, 0.1) is 22.7 Å². The standard InChI is InChI=1S/C66H42N2O2/c1-5-21-43(22-6-1)47-33-17-35-53-55-37-19-39-59(65(55)69-63(47)53)67(45-25-9-3-10-26-45)61-41-57-50-30-14-16-32-52(50)62(42-58(57)49-29-13-15-31-51(49)61)68(46-27-11-4-12-28-46)60-40-20-38-56-54-36-18-34-48(64(54)70-66(56)60)44-23-7-2-8-24-44/h1-42H. The highest BCUT2D eigenvalue weighted by atomic mass is 16.3. The highest BCUT2D eigenvalue weighted by Crippen LogP contribution is 2.51. The van der Waals surface area contributed by atoms with E-state index in [2.05, 4.69) is 265 Å². The SMILES string of the molecule is c1ccc(-c2cccc3c2oc2c(N(c4ccccc4)c4cc5c6ccccc6c(N(c6ccccc6)c6cccc7c6oc6c(-c8ccccc8)cccc67)cc5c5ccccc45)cccc23)cc1. The molecule has 0 saturated carbocycles. The van der Waals surface area contributed by atoms with Crippen molar-refractivity contribution in [3.8, 4) is 22.3 Å². The van der Waals surface area contributed by atoms with E-state index in [-0.39, 0.29) is 0 Å². The molecule has 14 aromatic rings. The van der Waals surface area contributed by atoms with Gasteiger partial charge in [0.1, 0.15) is 11.2 Å². The fourth-order valence-corrected chi connectivity index (χ4v) is 10.9. The molecule has 0 atom stereocenters. The van der Waals surface area contributed by atoms with Gasteiger partial charge in [-0.2, -0.15) is 0 Å². The lowest BCUT2D eigenvalue weighted by molar-refractivity contribution is 0.670. The number of benzene rings is 12. The van der Waals surface area contributed by atoms with Crippen molar-refractivity contribution in [2.75, 3.05) is 9.80 Å². The molecule has 0 unspecified atom stereocenters. The number of anilines is 6. The Bertz CT molecular complexity index is 4010. The van der Waals surface area contributed by atoms with Crippen LogP contribution >= 0.6 is 0 Å². The Balaban J connectivity index is 1.03. The summed E-state index contributed by atoms with van der Waals surface area (Å²) in [6.45, 7) is 0. The largest absolute Gasteiger partial charge is 0.453 e. The molecule has 0 amide bonds. The first-order valence-electron chi connectivity index (χ1n) is 23.8. The topological polar surface area (TPSA) is 32.8 Å². The fraction of sp³-hybridized carbons (Fsp3) is 0. The molecule has 0 aliphatic rings. The Labute approximate surface area is 404 Å². The van der Waals surface area contributed by atoms with Gasteiger partial charge in [-0.1, -0.05) is 206 Å². The van der Waals surface area contributed by atoms with E-state index in [4.69, 9.17) is 8.83 Å². The van der Waals surface area contributed by atoms with Gasteiger partial charge in [-0.15, -0.1) is 0 Å². The molecule has 0 radical (unpaired) electrons. The van der Waals surface area contributed by atoms with Crippen LogP contribution in [0.1, 0.15) is 0 Å². The van der Waals surface area contributed by atoms with Gasteiger partial charge in [-0.05, 0) is 81.2 Å². The summed E-state index contributed by atoms with van der Waals surface area (Å²) < 4.78 is 14.2. The summed E-state index contributed by atoms with van der Waals surface area (Å²) in [7, 11) is 0. The number of rotatable bonds is 8. The molecular formula is C66H42N2O2. The summed E-state index contributed by atoms with van der Waals surface area (Å²) in [5.74, 6) is 0. The van der Waals surface area contributed by atoms with Crippen molar-refractivity contribution in [3.63, 3.8) is 0 Å². The minimum atomic E-state index is 0.836. The Morgan fingerprint density at radius 1 is 0.214 bits per heavy atom. The number of furan rings is 2. The van der Waals surface area contributed by atoms with Gasteiger partial charge in [-0.3, -0.25) is 0 Å². The maximum absolute atomic E-state index is 7.11. The Morgan fingerprint density at radius 2 is 0.529 bits per heavy atom. The first-order chi connectivity index (χ1) is 34.8. The number of fused-ring (bicyclic) bond motifs is 11. The molecule has 2 aromatic heterocycles. The summed E-state index contributed by atoms with van der Waals surface area (Å²) in [6, 6.07) is 90.9. The quantitative estimate of drug-likeness (QED) is 0.142. The molecule has 12 aromatic carbocycles. The van der Waals surface area contributed by atoms with Gasteiger partial charge in [0.15, 0.2) is 11.2 Å². The molecule has 0 aliphatic carbocycles. The smallest absolute Gasteiger partial charge is 0.159 e. The highest BCUT2D eigenvalue weighted by Gasteiger charge is 2.26. The van der Waals surface area contributed by atoms with Gasteiger partial charge in [0.2, 0.25) is 0 Å². The Hall–Kier alpha value is -9.38. The van der Waals surface area contributed by atoms with Crippen LogP contribution in [-0.4, -0.2) is 0 Å². The molecule has 0 spiro atoms. The minimum Gasteiger partial charge on any atom is -0.453 e. The van der Waals surface area contributed by atoms with E-state index in [0.717, 1.165) is 133 Å². The van der Waals surface area contributed by atoms with E-state index in [9.17, 15) is 0 Å². The van der Waals surface area contributed by atoms with Crippen LogP contribution in [0, 0.1) is 0 Å². The minimum absolute atomic E-state index is 0.836. The fourth-order valence-electron chi connectivity index (χ4n) is 10.9. The first-order valence-corrected chi connectivity index (χ1v) is 23.8. The summed E-state index contributed by atoms with van der Waals surface area (Å²) in [6.07, 6.45) is 0. The third kappa shape index (κ3) is 6.24. The van der Waals surface area contributed by atoms with Crippen molar-refractivity contribution in [2.24, 2.45) is 0 Å². The third-order valence-electron chi connectivity index (χ3n) is 14.0. The van der Waals surface area contributed by atoms with E-state index >= 15 is 0 Å². The van der Waals surface area contributed by atoms with Crippen molar-refractivity contribution in [3.05, 3.63) is 255 Å². The van der Waals surface area contributed by atoms with Gasteiger partial charge < -0.3 is 18.6 Å². The van der Waals surface area contributed by atoms with Crippen molar-refractivity contribution < 1.29 is 8.83 Å². The molecule has 328 valence electrons. The Morgan fingerprint density at radius 3 is 0.929 bits per heavy atom. The van der Waals surface area contributed by atoms with Crippen molar-refractivity contribution in [1.29, 1.82) is 0 Å². The zero-order valence-electron chi connectivity index (χ0n) is 38.0. The third-order valence-corrected chi connectivity index (χ3v) is 14.0. The average molecular weight is 895 g/mol. The molecule has 0 N–H and O–H groups in total. The van der Waals surface area contributed by atoms with E-state index < -0.39 is 0 Å². The number of hydrogen-bond acceptors (Lipinski definition) is 4. The average Bonchev–Trinajstić information content (AvgIpc) is 4.02. The summed E-state index contributed by atoms with van der Waals surface area (Å²) >= 11 is 0. The number of nitrogens with zero attached hydrogens (tertiary/aromatic N) is 2. The lowest BCUT2D eigenvalue weighted by atomic mass is 9.93. The summed E-state index contributed by atoms with van der Waals surface area (Å²) in [5, 5.41) is 11.2. The molecule has 2 heterocycles. The van der Waals surface area contributed by atoms with Crippen molar-refractivity contribution in [2.45, 2.75) is 0 Å². The van der Waals surface area contributed by atoms with Crippen LogP contribution in [0.4, 0.5) is 34.1 Å². The van der Waals surface area contributed by atoms with E-state index in [1.807, 2.05) is 0 Å². The normalized spacial score (nSPS) is 11.7. The van der Waals surface area contributed by atoms with Crippen LogP contribution in [0.5, 0.6) is 0 Å². The van der Waals surface area contributed by atoms with Crippen LogP contribution in [0.3, 0.4) is 0 Å². The predicted molar refractivity (Wildman–Crippen MR) is 294 cm³/mol.